The first-order valence-corrected chi connectivity index (χ1v) is 11.2. The zero-order chi connectivity index (χ0) is 20.7. The van der Waals surface area contributed by atoms with Gasteiger partial charge in [0.2, 0.25) is 0 Å². The van der Waals surface area contributed by atoms with Crippen LogP contribution < -0.4 is 0 Å². The number of unbranched alkanes of at least 4 members (excludes halogenated alkanes) is 6. The molecule has 0 aliphatic rings. The van der Waals surface area contributed by atoms with Crippen molar-refractivity contribution < 1.29 is 14.6 Å². The van der Waals surface area contributed by atoms with Gasteiger partial charge in [0.15, 0.2) is 0 Å². The van der Waals surface area contributed by atoms with E-state index in [4.69, 9.17) is 5.11 Å². The Kier molecular flexibility index (Phi) is 11.0. The number of carbonyl (C=O) groups is 1. The van der Waals surface area contributed by atoms with Crippen LogP contribution in [0.5, 0.6) is 0 Å². The first-order valence-electron chi connectivity index (χ1n) is 11.2. The van der Waals surface area contributed by atoms with Crippen molar-refractivity contribution in [1.82, 2.24) is 0 Å². The zero-order valence-corrected chi connectivity index (χ0v) is 17.8. The minimum atomic E-state index is -1.17. The molecule has 0 saturated heterocycles. The SMILES string of the molecule is CCCCc1ccccc1C(CCCCCCCCOC(=O)O)c1ccccc1. The predicted molar refractivity (Wildman–Crippen MR) is 120 cm³/mol. The van der Waals surface area contributed by atoms with Crippen LogP contribution in [0, 0.1) is 0 Å². The fourth-order valence-corrected chi connectivity index (χ4v) is 3.97. The lowest BCUT2D eigenvalue weighted by molar-refractivity contribution is 0.0899. The fraction of sp³-hybridized carbons (Fsp3) is 0.500. The van der Waals surface area contributed by atoms with Gasteiger partial charge in [-0.15, -0.1) is 0 Å². The smallest absolute Gasteiger partial charge is 0.450 e. The summed E-state index contributed by atoms with van der Waals surface area (Å²) in [6.07, 6.45) is 10.3. The molecule has 0 aliphatic heterocycles. The molecule has 2 aromatic carbocycles. The molecule has 0 saturated carbocycles. The molecule has 3 nitrogen and oxygen atoms in total. The van der Waals surface area contributed by atoms with Gasteiger partial charge in [-0.05, 0) is 42.4 Å². The monoisotopic (exact) mass is 396 g/mol. The Balaban J connectivity index is 1.88. The van der Waals surface area contributed by atoms with Crippen LogP contribution in [-0.4, -0.2) is 17.9 Å². The van der Waals surface area contributed by atoms with Crippen LogP contribution in [0.15, 0.2) is 54.6 Å². The third-order valence-electron chi connectivity index (χ3n) is 5.54. The molecule has 0 amide bonds. The van der Waals surface area contributed by atoms with Crippen molar-refractivity contribution in [3.8, 4) is 0 Å². The molecule has 3 heteroatoms. The maximum atomic E-state index is 10.3. The summed E-state index contributed by atoms with van der Waals surface area (Å²) < 4.78 is 4.55. The predicted octanol–water partition coefficient (Wildman–Crippen LogP) is 7.59. The first-order chi connectivity index (χ1) is 14.2. The normalized spacial score (nSPS) is 11.9. The molecule has 0 spiro atoms. The summed E-state index contributed by atoms with van der Waals surface area (Å²) in [6.45, 7) is 2.57. The van der Waals surface area contributed by atoms with Gasteiger partial charge >= 0.3 is 6.16 Å². The Morgan fingerprint density at radius 2 is 1.52 bits per heavy atom. The van der Waals surface area contributed by atoms with Gasteiger partial charge in [0.05, 0.1) is 6.61 Å². The van der Waals surface area contributed by atoms with Crippen molar-refractivity contribution in [3.05, 3.63) is 71.3 Å². The number of ether oxygens (including phenoxy) is 1. The fourth-order valence-electron chi connectivity index (χ4n) is 3.97. The van der Waals surface area contributed by atoms with Gasteiger partial charge in [0.25, 0.3) is 0 Å². The van der Waals surface area contributed by atoms with Gasteiger partial charge in [-0.1, -0.05) is 100 Å². The quantitative estimate of drug-likeness (QED) is 0.264. The molecule has 0 bridgehead atoms. The Hall–Kier alpha value is -2.29. The third-order valence-corrected chi connectivity index (χ3v) is 5.54. The maximum Gasteiger partial charge on any atom is 0.505 e. The summed E-state index contributed by atoms with van der Waals surface area (Å²) in [7, 11) is 0. The van der Waals surface area contributed by atoms with Gasteiger partial charge < -0.3 is 9.84 Å². The minimum Gasteiger partial charge on any atom is -0.450 e. The van der Waals surface area contributed by atoms with Crippen molar-refractivity contribution >= 4 is 6.16 Å². The third kappa shape index (κ3) is 8.72. The lowest BCUT2D eigenvalue weighted by atomic mass is 9.83. The standard InChI is InChI=1S/C26H36O3/c1-2-3-15-22-18-12-13-20-25(22)24(23-16-9-8-10-17-23)19-11-6-4-5-7-14-21-29-26(27)28/h8-10,12-13,16-18,20,24H,2-7,11,14-15,19,21H2,1H3,(H,27,28). The van der Waals surface area contributed by atoms with E-state index in [1.54, 1.807) is 0 Å². The largest absolute Gasteiger partial charge is 0.505 e. The van der Waals surface area contributed by atoms with Crippen molar-refractivity contribution in [2.45, 2.75) is 77.0 Å². The average molecular weight is 397 g/mol. The summed E-state index contributed by atoms with van der Waals surface area (Å²) in [5, 5.41) is 8.47. The van der Waals surface area contributed by atoms with Crippen LogP contribution in [-0.2, 0) is 11.2 Å². The van der Waals surface area contributed by atoms with Crippen LogP contribution in [0.4, 0.5) is 4.79 Å². The van der Waals surface area contributed by atoms with Gasteiger partial charge in [-0.2, -0.15) is 0 Å². The molecule has 0 aromatic heterocycles. The lowest BCUT2D eigenvalue weighted by Gasteiger charge is -2.21. The van der Waals surface area contributed by atoms with Gasteiger partial charge in [-0.25, -0.2) is 4.79 Å². The van der Waals surface area contributed by atoms with E-state index in [0.29, 0.717) is 12.5 Å². The second kappa shape index (κ2) is 13.8. The lowest BCUT2D eigenvalue weighted by Crippen LogP contribution is -2.05. The van der Waals surface area contributed by atoms with Crippen molar-refractivity contribution in [2.75, 3.05) is 6.61 Å². The summed E-state index contributed by atoms with van der Waals surface area (Å²) in [6, 6.07) is 19.9. The van der Waals surface area contributed by atoms with Gasteiger partial charge in [0, 0.05) is 5.92 Å². The molecule has 0 aliphatic carbocycles. The van der Waals surface area contributed by atoms with Gasteiger partial charge in [0.1, 0.15) is 0 Å². The Labute approximate surface area is 176 Å². The number of carboxylic acid groups (broad SMARTS) is 1. The second-order valence-electron chi connectivity index (χ2n) is 7.79. The molecule has 1 N–H and O–H groups in total. The Morgan fingerprint density at radius 1 is 0.862 bits per heavy atom. The highest BCUT2D eigenvalue weighted by Gasteiger charge is 2.16. The molecule has 1 unspecified atom stereocenters. The van der Waals surface area contributed by atoms with Crippen LogP contribution in [0.2, 0.25) is 0 Å². The highest BCUT2D eigenvalue weighted by Crippen LogP contribution is 2.33. The first kappa shape index (κ1) is 23.0. The molecule has 158 valence electrons. The van der Waals surface area contributed by atoms with Crippen molar-refractivity contribution in [3.63, 3.8) is 0 Å². The van der Waals surface area contributed by atoms with E-state index >= 15 is 0 Å². The van der Waals surface area contributed by atoms with E-state index in [1.807, 2.05) is 0 Å². The van der Waals surface area contributed by atoms with E-state index in [2.05, 4.69) is 66.3 Å². The highest BCUT2D eigenvalue weighted by molar-refractivity contribution is 5.56. The molecule has 0 fully saturated rings. The molecular weight excluding hydrogens is 360 g/mol. The topological polar surface area (TPSA) is 46.5 Å². The molecule has 2 aromatic rings. The number of rotatable bonds is 14. The number of hydrogen-bond donors (Lipinski definition) is 1. The minimum absolute atomic E-state index is 0.319. The summed E-state index contributed by atoms with van der Waals surface area (Å²) in [5.41, 5.74) is 4.42. The second-order valence-corrected chi connectivity index (χ2v) is 7.79. The van der Waals surface area contributed by atoms with E-state index < -0.39 is 6.16 Å². The summed E-state index contributed by atoms with van der Waals surface area (Å²) in [4.78, 5) is 10.3. The Bertz CT molecular complexity index is 696. The van der Waals surface area contributed by atoms with Gasteiger partial charge in [-0.3, -0.25) is 0 Å². The van der Waals surface area contributed by atoms with E-state index in [-0.39, 0.29) is 0 Å². The summed E-state index contributed by atoms with van der Waals surface area (Å²) in [5.74, 6) is 0.466. The molecular formula is C26H36O3. The number of benzene rings is 2. The van der Waals surface area contributed by atoms with E-state index in [9.17, 15) is 4.79 Å². The number of hydrogen-bond acceptors (Lipinski definition) is 2. The molecule has 0 heterocycles. The van der Waals surface area contributed by atoms with Crippen LogP contribution in [0.25, 0.3) is 0 Å². The molecule has 1 atom stereocenters. The van der Waals surface area contributed by atoms with E-state index in [1.165, 1.54) is 55.2 Å². The maximum absolute atomic E-state index is 10.3. The van der Waals surface area contributed by atoms with Crippen LogP contribution in [0.3, 0.4) is 0 Å². The van der Waals surface area contributed by atoms with Crippen LogP contribution in [0.1, 0.15) is 87.3 Å². The average Bonchev–Trinajstić information content (AvgIpc) is 2.74. The molecule has 0 radical (unpaired) electrons. The molecule has 2 rings (SSSR count). The summed E-state index contributed by atoms with van der Waals surface area (Å²) >= 11 is 0. The zero-order valence-electron chi connectivity index (χ0n) is 17.8. The van der Waals surface area contributed by atoms with Crippen molar-refractivity contribution in [1.29, 1.82) is 0 Å². The van der Waals surface area contributed by atoms with Crippen LogP contribution >= 0.6 is 0 Å². The number of aryl methyl sites for hydroxylation is 1. The molecule has 29 heavy (non-hydrogen) atoms. The Morgan fingerprint density at radius 3 is 2.24 bits per heavy atom. The van der Waals surface area contributed by atoms with E-state index in [0.717, 1.165) is 25.7 Å². The van der Waals surface area contributed by atoms with Crippen molar-refractivity contribution in [2.24, 2.45) is 0 Å². The highest BCUT2D eigenvalue weighted by atomic mass is 16.7.